The van der Waals surface area contributed by atoms with Gasteiger partial charge in [0.1, 0.15) is 25.1 Å². The highest BCUT2D eigenvalue weighted by molar-refractivity contribution is 7.98. The first-order valence-corrected chi connectivity index (χ1v) is 13.3. The van der Waals surface area contributed by atoms with Crippen molar-refractivity contribution in [1.29, 1.82) is 0 Å². The van der Waals surface area contributed by atoms with E-state index in [0.717, 1.165) is 17.4 Å². The van der Waals surface area contributed by atoms with Gasteiger partial charge in [0.25, 0.3) is 5.91 Å². The first-order valence-electron chi connectivity index (χ1n) is 12.3. The van der Waals surface area contributed by atoms with Gasteiger partial charge in [-0.15, -0.1) is 11.8 Å². The second-order valence-electron chi connectivity index (χ2n) is 9.85. The van der Waals surface area contributed by atoms with E-state index in [1.54, 1.807) is 28.2 Å². The Kier molecular flexibility index (Phi) is 5.10. The number of aromatic hydroxyl groups is 1. The van der Waals surface area contributed by atoms with Crippen LogP contribution >= 0.6 is 11.8 Å². The van der Waals surface area contributed by atoms with Gasteiger partial charge in [-0.2, -0.15) is 0 Å². The zero-order valence-corrected chi connectivity index (χ0v) is 20.9. The summed E-state index contributed by atoms with van der Waals surface area (Å²) in [4.78, 5) is 33.5. The fourth-order valence-electron chi connectivity index (χ4n) is 5.89. The molecule has 2 aromatic heterocycles. The Morgan fingerprint density at radius 2 is 2.05 bits per heavy atom. The molecule has 8 nitrogen and oxygen atoms in total. The molecule has 0 unspecified atom stereocenters. The predicted molar refractivity (Wildman–Crippen MR) is 135 cm³/mol. The number of nitrogens with zero attached hydrogens (tertiary/aromatic N) is 4. The zero-order valence-electron chi connectivity index (χ0n) is 20.1. The molecule has 1 fully saturated rings. The SMILES string of the molecule is O=C1c2c(O)c(=O)ccn2N2CN1C1(/C=C/COc3cc(F)c(F)c4c3[C@@H]2c2ncccc2SC4)CCC1. The van der Waals surface area contributed by atoms with Gasteiger partial charge in [-0.05, 0) is 37.5 Å². The summed E-state index contributed by atoms with van der Waals surface area (Å²) >= 11 is 1.34. The Hall–Kier alpha value is -3.86. The molecule has 2 bridgehead atoms. The van der Waals surface area contributed by atoms with Crippen molar-refractivity contribution in [2.75, 3.05) is 18.3 Å². The average Bonchev–Trinajstić information content (AvgIpc) is 3.07. The molecule has 194 valence electrons. The number of aromatic nitrogens is 2. The lowest BCUT2D eigenvalue weighted by Gasteiger charge is -2.53. The smallest absolute Gasteiger partial charge is 0.278 e. The zero-order chi connectivity index (χ0) is 26.2. The van der Waals surface area contributed by atoms with E-state index in [0.29, 0.717) is 24.1 Å². The second kappa shape index (κ2) is 8.32. The number of fused-ring (bicyclic) bond motifs is 8. The number of amides is 1. The molecule has 1 aromatic carbocycles. The summed E-state index contributed by atoms with van der Waals surface area (Å²) in [5.41, 5.74) is -0.398. The van der Waals surface area contributed by atoms with Crippen molar-refractivity contribution >= 4 is 17.7 Å². The van der Waals surface area contributed by atoms with Crippen LogP contribution in [0.5, 0.6) is 11.5 Å². The number of rotatable bonds is 0. The fraction of sp³-hybridized carbons (Fsp3) is 0.296. The van der Waals surface area contributed by atoms with Gasteiger partial charge in [-0.25, -0.2) is 8.78 Å². The van der Waals surface area contributed by atoms with Gasteiger partial charge in [0.15, 0.2) is 23.1 Å². The van der Waals surface area contributed by atoms with Crippen molar-refractivity contribution in [1.82, 2.24) is 14.6 Å². The highest BCUT2D eigenvalue weighted by Crippen LogP contribution is 2.49. The summed E-state index contributed by atoms with van der Waals surface area (Å²) in [5, 5.41) is 12.6. The predicted octanol–water partition coefficient (Wildman–Crippen LogP) is 3.85. The molecule has 0 saturated heterocycles. The molecule has 3 aromatic rings. The van der Waals surface area contributed by atoms with Crippen LogP contribution in [0.4, 0.5) is 8.78 Å². The Bertz CT molecular complexity index is 1600. The van der Waals surface area contributed by atoms with Crippen molar-refractivity contribution in [3.8, 4) is 11.5 Å². The number of pyridine rings is 2. The minimum Gasteiger partial charge on any atom is -0.502 e. The molecule has 7 rings (SSSR count). The van der Waals surface area contributed by atoms with Gasteiger partial charge < -0.3 is 14.7 Å². The molecule has 0 radical (unpaired) electrons. The number of thioether (sulfide) groups is 1. The maximum Gasteiger partial charge on any atom is 0.278 e. The number of carbonyl (C=O) groups excluding carboxylic acids is 1. The quantitative estimate of drug-likeness (QED) is 0.437. The van der Waals surface area contributed by atoms with E-state index in [2.05, 4.69) is 4.98 Å². The molecule has 1 aliphatic carbocycles. The Balaban J connectivity index is 1.58. The van der Waals surface area contributed by atoms with Crippen LogP contribution in [0.15, 0.2) is 58.5 Å². The molecule has 1 atom stereocenters. The number of hydrogen-bond donors (Lipinski definition) is 1. The molecule has 3 aliphatic heterocycles. The van der Waals surface area contributed by atoms with Gasteiger partial charge >= 0.3 is 0 Å². The minimum absolute atomic E-state index is 0.0572. The normalized spacial score (nSPS) is 21.7. The van der Waals surface area contributed by atoms with Gasteiger partial charge in [0.2, 0.25) is 5.43 Å². The Morgan fingerprint density at radius 1 is 1.21 bits per heavy atom. The fourth-order valence-corrected chi connectivity index (χ4v) is 6.96. The minimum atomic E-state index is -1.01. The van der Waals surface area contributed by atoms with Crippen molar-refractivity contribution in [2.24, 2.45) is 0 Å². The van der Waals surface area contributed by atoms with E-state index >= 15 is 4.39 Å². The van der Waals surface area contributed by atoms with Crippen LogP contribution in [0.1, 0.15) is 52.6 Å². The number of hydrogen-bond acceptors (Lipinski definition) is 7. The highest BCUT2D eigenvalue weighted by atomic mass is 32.2. The van der Waals surface area contributed by atoms with Crippen LogP contribution in [0.2, 0.25) is 0 Å². The van der Waals surface area contributed by atoms with E-state index < -0.39 is 40.3 Å². The molecule has 4 aliphatic rings. The number of benzene rings is 1. The topological polar surface area (TPSA) is 87.9 Å². The molecule has 1 saturated carbocycles. The summed E-state index contributed by atoms with van der Waals surface area (Å²) in [7, 11) is 0. The third-order valence-electron chi connectivity index (χ3n) is 7.91. The number of ether oxygens (including phenoxy) is 1. The van der Waals surface area contributed by atoms with Crippen molar-refractivity contribution in [3.63, 3.8) is 0 Å². The molecule has 5 heterocycles. The van der Waals surface area contributed by atoms with Crippen molar-refractivity contribution < 1.29 is 23.4 Å². The summed E-state index contributed by atoms with van der Waals surface area (Å²) in [6.07, 6.45) is 9.03. The number of halogens is 2. The Labute approximate surface area is 220 Å². The lowest BCUT2D eigenvalue weighted by molar-refractivity contribution is 0.0254. The molecule has 11 heteroatoms. The Morgan fingerprint density at radius 3 is 2.84 bits per heavy atom. The molecule has 1 N–H and O–H groups in total. The lowest BCUT2D eigenvalue weighted by Crippen LogP contribution is -2.64. The van der Waals surface area contributed by atoms with E-state index in [-0.39, 0.29) is 36.0 Å². The third kappa shape index (κ3) is 3.17. The van der Waals surface area contributed by atoms with Gasteiger partial charge in [0, 0.05) is 46.3 Å². The van der Waals surface area contributed by atoms with Gasteiger partial charge in [0.05, 0.1) is 11.2 Å². The van der Waals surface area contributed by atoms with E-state index in [1.165, 1.54) is 28.7 Å². The first kappa shape index (κ1) is 23.3. The monoisotopic (exact) mass is 536 g/mol. The van der Waals surface area contributed by atoms with Crippen LogP contribution in [-0.2, 0) is 5.75 Å². The summed E-state index contributed by atoms with van der Waals surface area (Å²) < 4.78 is 37.8. The average molecular weight is 537 g/mol. The molecular formula is C27H22F2N4O4S. The summed E-state index contributed by atoms with van der Waals surface area (Å²) in [6, 6.07) is 5.05. The van der Waals surface area contributed by atoms with Crippen LogP contribution in [0, 0.1) is 11.6 Å². The lowest BCUT2D eigenvalue weighted by atomic mass is 9.74. The summed E-state index contributed by atoms with van der Waals surface area (Å²) in [5.74, 6) is -2.80. The van der Waals surface area contributed by atoms with Crippen LogP contribution in [0.25, 0.3) is 0 Å². The van der Waals surface area contributed by atoms with Crippen LogP contribution in [0.3, 0.4) is 0 Å². The van der Waals surface area contributed by atoms with Crippen molar-refractivity contribution in [2.45, 2.75) is 41.5 Å². The number of carbonyl (C=O) groups is 1. The van der Waals surface area contributed by atoms with Gasteiger partial charge in [-0.3, -0.25) is 24.3 Å². The molecule has 1 amide bonds. The standard InChI is InChI=1S/C27H22F2N4O4S/c28-16-12-18-20-15(21(16)29)13-38-19-4-1-9-30-22(19)23(20)33-14-31(27(6-2-7-27)8-3-11-37-18)26(36)24-25(35)17(34)5-10-32(24)33/h1,3-5,8-10,12,23,35H,2,6-7,11,13-14H2/b8-3+/t23-/m1/s1. The highest BCUT2D eigenvalue weighted by Gasteiger charge is 2.49. The molecule has 38 heavy (non-hydrogen) atoms. The molecule has 1 spiro atoms. The first-order chi connectivity index (χ1) is 18.4. The van der Waals surface area contributed by atoms with E-state index in [9.17, 15) is 19.1 Å². The van der Waals surface area contributed by atoms with Gasteiger partial charge in [-0.1, -0.05) is 6.08 Å². The summed E-state index contributed by atoms with van der Waals surface area (Å²) in [6.45, 7) is 0.147. The maximum absolute atomic E-state index is 15.4. The van der Waals surface area contributed by atoms with Crippen LogP contribution in [-0.4, -0.2) is 44.4 Å². The molecular weight excluding hydrogens is 514 g/mol. The van der Waals surface area contributed by atoms with E-state index in [1.807, 2.05) is 12.1 Å². The third-order valence-corrected chi connectivity index (χ3v) is 9.00. The van der Waals surface area contributed by atoms with Crippen LogP contribution < -0.4 is 15.2 Å². The second-order valence-corrected chi connectivity index (χ2v) is 10.9. The maximum atomic E-state index is 15.4. The van der Waals surface area contributed by atoms with Crippen molar-refractivity contribution in [3.05, 3.63) is 93.2 Å². The largest absolute Gasteiger partial charge is 0.502 e. The van der Waals surface area contributed by atoms with E-state index in [4.69, 9.17) is 4.74 Å².